The predicted molar refractivity (Wildman–Crippen MR) is 80.4 cm³/mol. The van der Waals surface area contributed by atoms with Gasteiger partial charge in [-0.15, -0.1) is 10.3 Å². The molecule has 0 bridgehead atoms. The fourth-order valence-corrected chi connectivity index (χ4v) is 2.17. The van der Waals surface area contributed by atoms with E-state index in [1.165, 1.54) is 5.56 Å². The van der Waals surface area contributed by atoms with Crippen molar-refractivity contribution in [3.05, 3.63) is 58.7 Å². The number of para-hydroxylation sites is 1. The van der Waals surface area contributed by atoms with Crippen LogP contribution in [0.2, 0.25) is 0 Å². The van der Waals surface area contributed by atoms with Crippen LogP contribution in [-0.4, -0.2) is 10.4 Å². The van der Waals surface area contributed by atoms with E-state index >= 15 is 0 Å². The average Bonchev–Trinajstić information content (AvgIpc) is 2.48. The number of anilines is 2. The highest BCUT2D eigenvalue weighted by molar-refractivity contribution is 5.62. The zero-order chi connectivity index (χ0) is 14.9. The summed E-state index contributed by atoms with van der Waals surface area (Å²) in [5.74, 6) is 0. The molecule has 106 valence electrons. The number of hydrazine groups is 1. The van der Waals surface area contributed by atoms with E-state index in [0.717, 1.165) is 27.0 Å². The Kier molecular flexibility index (Phi) is 3.97. The molecule has 4 nitrogen and oxygen atoms in total. The topological polar surface area (TPSA) is 46.9 Å². The van der Waals surface area contributed by atoms with E-state index in [4.69, 9.17) is 0 Å². The first-order valence-corrected chi connectivity index (χ1v) is 6.54. The minimum absolute atomic E-state index is 0.491. The molecule has 0 aliphatic heterocycles. The van der Waals surface area contributed by atoms with Crippen molar-refractivity contribution in [1.29, 1.82) is 0 Å². The molecule has 0 atom stereocenters. The Hall–Kier alpha value is -2.04. The van der Waals surface area contributed by atoms with Crippen molar-refractivity contribution in [1.82, 2.24) is 0 Å². The third-order valence-electron chi connectivity index (χ3n) is 3.84. The monoisotopic (exact) mass is 272 g/mol. The molecular weight excluding hydrogens is 252 g/mol. The second-order valence-corrected chi connectivity index (χ2v) is 5.00. The van der Waals surface area contributed by atoms with Gasteiger partial charge in [0.15, 0.2) is 0 Å². The van der Waals surface area contributed by atoms with Gasteiger partial charge in [-0.2, -0.15) is 0 Å². The summed E-state index contributed by atoms with van der Waals surface area (Å²) >= 11 is 0. The lowest BCUT2D eigenvalue weighted by Gasteiger charge is -2.29. The van der Waals surface area contributed by atoms with E-state index in [1.807, 2.05) is 32.9 Å². The van der Waals surface area contributed by atoms with Gasteiger partial charge in [-0.25, -0.2) is 0 Å². The van der Waals surface area contributed by atoms with Crippen molar-refractivity contribution in [3.63, 3.8) is 0 Å². The van der Waals surface area contributed by atoms with Gasteiger partial charge in [-0.1, -0.05) is 18.2 Å². The Morgan fingerprint density at radius 2 is 1.35 bits per heavy atom. The molecule has 2 N–H and O–H groups in total. The largest absolute Gasteiger partial charge is 0.267 e. The van der Waals surface area contributed by atoms with Crippen LogP contribution in [0, 0.1) is 27.7 Å². The van der Waals surface area contributed by atoms with Gasteiger partial charge in [0.1, 0.15) is 0 Å². The van der Waals surface area contributed by atoms with Crippen LogP contribution in [0.1, 0.15) is 22.3 Å². The number of benzene rings is 2. The SMILES string of the molecule is Cc1cc(N(O)N(O)c2ccccc2)c(C)c(C)c1C. The Morgan fingerprint density at radius 1 is 0.750 bits per heavy atom. The number of rotatable bonds is 3. The molecule has 0 spiro atoms. The number of hydrogen-bond donors (Lipinski definition) is 2. The minimum Gasteiger partial charge on any atom is -0.267 e. The van der Waals surface area contributed by atoms with Crippen LogP contribution in [0.3, 0.4) is 0 Å². The third-order valence-corrected chi connectivity index (χ3v) is 3.84. The maximum Gasteiger partial charge on any atom is 0.0937 e. The number of hydrogen-bond acceptors (Lipinski definition) is 4. The summed E-state index contributed by atoms with van der Waals surface area (Å²) in [4.78, 5) is 0. The normalized spacial score (nSPS) is 10.5. The van der Waals surface area contributed by atoms with Crippen molar-refractivity contribution in [2.24, 2.45) is 0 Å². The van der Waals surface area contributed by atoms with Crippen LogP contribution in [0.4, 0.5) is 11.4 Å². The summed E-state index contributed by atoms with van der Waals surface area (Å²) in [7, 11) is 0. The number of nitrogens with zero attached hydrogens (tertiary/aromatic N) is 2. The van der Waals surface area contributed by atoms with Crippen molar-refractivity contribution in [2.45, 2.75) is 27.7 Å². The van der Waals surface area contributed by atoms with Gasteiger partial charge in [0.05, 0.1) is 11.4 Å². The minimum atomic E-state index is 0.491. The van der Waals surface area contributed by atoms with Crippen LogP contribution in [-0.2, 0) is 0 Å². The summed E-state index contributed by atoms with van der Waals surface area (Å²) < 4.78 is 0. The molecule has 0 amide bonds. The first kappa shape index (κ1) is 14.4. The summed E-state index contributed by atoms with van der Waals surface area (Å²) in [6, 6.07) is 10.7. The molecule has 0 unspecified atom stereocenters. The average molecular weight is 272 g/mol. The van der Waals surface area contributed by atoms with Gasteiger partial charge in [0.25, 0.3) is 0 Å². The maximum absolute atomic E-state index is 10.3. The Balaban J connectivity index is 2.42. The van der Waals surface area contributed by atoms with Crippen molar-refractivity contribution >= 4 is 11.4 Å². The van der Waals surface area contributed by atoms with Crippen LogP contribution in [0.5, 0.6) is 0 Å². The second-order valence-electron chi connectivity index (χ2n) is 5.00. The molecule has 0 saturated heterocycles. The molecule has 0 saturated carbocycles. The first-order valence-electron chi connectivity index (χ1n) is 6.54. The van der Waals surface area contributed by atoms with Crippen LogP contribution in [0.25, 0.3) is 0 Å². The highest BCUT2D eigenvalue weighted by Gasteiger charge is 2.17. The van der Waals surface area contributed by atoms with E-state index in [9.17, 15) is 10.4 Å². The molecule has 0 fully saturated rings. The third kappa shape index (κ3) is 2.48. The van der Waals surface area contributed by atoms with Crippen LogP contribution in [0.15, 0.2) is 36.4 Å². The summed E-state index contributed by atoms with van der Waals surface area (Å²) in [5, 5.41) is 21.9. The molecule has 2 rings (SSSR count). The lowest BCUT2D eigenvalue weighted by Crippen LogP contribution is -2.38. The molecule has 0 aromatic heterocycles. The summed E-state index contributed by atoms with van der Waals surface area (Å²) in [6.07, 6.45) is 0. The van der Waals surface area contributed by atoms with Crippen molar-refractivity contribution in [3.8, 4) is 0 Å². The quantitative estimate of drug-likeness (QED) is 0.831. The zero-order valence-corrected chi connectivity index (χ0v) is 12.3. The standard InChI is InChI=1S/C16H20N2O2/c1-11-10-16(14(4)13(3)12(11)2)18(20)17(19)15-8-6-5-7-9-15/h5-10,19-20H,1-4H3. The molecule has 2 aromatic rings. The Labute approximate surface area is 119 Å². The smallest absolute Gasteiger partial charge is 0.0937 e. The van der Waals surface area contributed by atoms with Crippen molar-refractivity contribution < 1.29 is 10.4 Å². The highest BCUT2D eigenvalue weighted by Crippen LogP contribution is 2.29. The number of aryl methyl sites for hydroxylation is 1. The molecular formula is C16H20N2O2. The van der Waals surface area contributed by atoms with Crippen LogP contribution < -0.4 is 10.3 Å². The van der Waals surface area contributed by atoms with E-state index in [-0.39, 0.29) is 0 Å². The van der Waals surface area contributed by atoms with Gasteiger partial charge >= 0.3 is 0 Å². The summed E-state index contributed by atoms with van der Waals surface area (Å²) in [5.41, 5.74) is 5.38. The molecule has 4 heteroatoms. The molecule has 0 aliphatic carbocycles. The molecule has 0 radical (unpaired) electrons. The lowest BCUT2D eigenvalue weighted by atomic mass is 9.98. The summed E-state index contributed by atoms with van der Waals surface area (Å²) in [6.45, 7) is 7.98. The first-order chi connectivity index (χ1) is 9.43. The van der Waals surface area contributed by atoms with Gasteiger partial charge in [-0.05, 0) is 68.1 Å². The molecule has 20 heavy (non-hydrogen) atoms. The van der Waals surface area contributed by atoms with E-state index in [1.54, 1.807) is 24.3 Å². The van der Waals surface area contributed by atoms with Gasteiger partial charge in [0, 0.05) is 0 Å². The molecule has 0 heterocycles. The van der Waals surface area contributed by atoms with Crippen LogP contribution >= 0.6 is 0 Å². The lowest BCUT2D eigenvalue weighted by molar-refractivity contribution is 0.118. The van der Waals surface area contributed by atoms with Gasteiger partial charge in [-0.3, -0.25) is 10.4 Å². The molecule has 2 aromatic carbocycles. The van der Waals surface area contributed by atoms with E-state index < -0.39 is 0 Å². The second kappa shape index (κ2) is 5.53. The Bertz CT molecular complexity index is 612. The highest BCUT2D eigenvalue weighted by atomic mass is 16.7. The fraction of sp³-hybridized carbons (Fsp3) is 0.250. The van der Waals surface area contributed by atoms with Gasteiger partial charge < -0.3 is 0 Å². The zero-order valence-electron chi connectivity index (χ0n) is 12.3. The van der Waals surface area contributed by atoms with E-state index in [0.29, 0.717) is 11.4 Å². The predicted octanol–water partition coefficient (Wildman–Crippen LogP) is 3.93. The maximum atomic E-state index is 10.3. The molecule has 0 aliphatic rings. The Morgan fingerprint density at radius 3 is 1.95 bits per heavy atom. The van der Waals surface area contributed by atoms with E-state index in [2.05, 4.69) is 6.92 Å². The van der Waals surface area contributed by atoms with Gasteiger partial charge in [0.2, 0.25) is 0 Å². The fourth-order valence-electron chi connectivity index (χ4n) is 2.17. The van der Waals surface area contributed by atoms with Crippen molar-refractivity contribution in [2.75, 3.05) is 10.3 Å².